The highest BCUT2D eigenvalue weighted by atomic mass is 35.5. The highest BCUT2D eigenvalue weighted by Gasteiger charge is 2.26. The van der Waals surface area contributed by atoms with Gasteiger partial charge in [-0.05, 0) is 33.2 Å². The van der Waals surface area contributed by atoms with Crippen molar-refractivity contribution in [3.05, 3.63) is 53.6 Å². The first-order chi connectivity index (χ1) is 12.0. The van der Waals surface area contributed by atoms with E-state index in [0.717, 1.165) is 5.56 Å². The average molecular weight is 375 g/mol. The molecule has 0 amide bonds. The lowest BCUT2D eigenvalue weighted by Gasteiger charge is -2.13. The average Bonchev–Trinajstić information content (AvgIpc) is 2.98. The third kappa shape index (κ3) is 3.69. The number of hydrogen-bond donors (Lipinski definition) is 1. The van der Waals surface area contributed by atoms with E-state index in [1.807, 2.05) is 49.3 Å². The lowest BCUT2D eigenvalue weighted by atomic mass is 10.0. The van der Waals surface area contributed by atoms with Crippen LogP contribution in [0.2, 0.25) is 0 Å². The highest BCUT2D eigenvalue weighted by molar-refractivity contribution is 6.10. The van der Waals surface area contributed by atoms with E-state index >= 15 is 0 Å². The summed E-state index contributed by atoms with van der Waals surface area (Å²) in [5.74, 6) is 0.137. The van der Waals surface area contributed by atoms with Crippen molar-refractivity contribution in [3.8, 4) is 17.1 Å². The Morgan fingerprint density at radius 3 is 2.46 bits per heavy atom. The van der Waals surface area contributed by atoms with Crippen molar-refractivity contribution in [2.24, 2.45) is 0 Å². The molecule has 3 aromatic rings. The predicted octanol–water partition coefficient (Wildman–Crippen LogP) is 1.05. The summed E-state index contributed by atoms with van der Waals surface area (Å²) < 4.78 is 11.3. The van der Waals surface area contributed by atoms with Crippen LogP contribution in [0.4, 0.5) is 0 Å². The van der Waals surface area contributed by atoms with Gasteiger partial charge in [0, 0.05) is 23.1 Å². The molecule has 0 aliphatic heterocycles. The number of carbonyl (C=O) groups excluding carboxylic acids is 1. The molecule has 2 aromatic carbocycles. The standard InChI is InChI=1S/C20H21NO4.ClH/c1-4-24-20(23)18-17-14(12-21(2)3)15(22)10-11-16(17)25-19(18)13-8-6-5-7-9-13;/h5-11,22H,4,12H2,1-3H3;1H/p-1. The summed E-state index contributed by atoms with van der Waals surface area (Å²) in [5.41, 5.74) is 2.35. The Bertz CT molecular complexity index is 903. The van der Waals surface area contributed by atoms with Gasteiger partial charge in [0.05, 0.1) is 6.61 Å². The Kier molecular flexibility index (Phi) is 6.29. The van der Waals surface area contributed by atoms with Crippen LogP contribution in [0.25, 0.3) is 22.3 Å². The maximum atomic E-state index is 12.7. The zero-order valence-corrected chi connectivity index (χ0v) is 15.7. The number of hydrogen-bond acceptors (Lipinski definition) is 5. The summed E-state index contributed by atoms with van der Waals surface area (Å²) in [6.07, 6.45) is 0. The van der Waals surface area contributed by atoms with Crippen LogP contribution >= 0.6 is 0 Å². The van der Waals surface area contributed by atoms with Gasteiger partial charge in [0.2, 0.25) is 0 Å². The van der Waals surface area contributed by atoms with Crippen LogP contribution in [-0.4, -0.2) is 36.7 Å². The van der Waals surface area contributed by atoms with Gasteiger partial charge in [-0.25, -0.2) is 4.79 Å². The number of halogens is 1. The van der Waals surface area contributed by atoms with Crippen LogP contribution in [0.1, 0.15) is 22.8 Å². The number of phenols is 1. The van der Waals surface area contributed by atoms with E-state index in [1.54, 1.807) is 19.1 Å². The molecule has 0 bridgehead atoms. The minimum Gasteiger partial charge on any atom is -1.00 e. The molecule has 26 heavy (non-hydrogen) atoms. The molecule has 1 N–H and O–H groups in total. The number of furan rings is 1. The van der Waals surface area contributed by atoms with Gasteiger partial charge in [0.15, 0.2) is 0 Å². The third-order valence-electron chi connectivity index (χ3n) is 3.93. The first-order valence-corrected chi connectivity index (χ1v) is 8.17. The molecule has 0 atom stereocenters. The van der Waals surface area contributed by atoms with Crippen LogP contribution in [0, 0.1) is 0 Å². The van der Waals surface area contributed by atoms with Crippen molar-refractivity contribution in [2.75, 3.05) is 20.7 Å². The largest absolute Gasteiger partial charge is 1.00 e. The molecule has 0 fully saturated rings. The van der Waals surface area contributed by atoms with Gasteiger partial charge in [-0.3, -0.25) is 0 Å². The molecular formula is C20H21ClNO4-. The topological polar surface area (TPSA) is 62.9 Å². The Balaban J connectivity index is 0.00000243. The van der Waals surface area contributed by atoms with E-state index in [-0.39, 0.29) is 24.8 Å². The molecule has 0 aliphatic carbocycles. The second-order valence-electron chi connectivity index (χ2n) is 6.07. The number of ether oxygens (including phenoxy) is 1. The normalized spacial score (nSPS) is 10.8. The lowest BCUT2D eigenvalue weighted by molar-refractivity contribution is -0.0000250. The fourth-order valence-corrected chi connectivity index (χ4v) is 2.92. The van der Waals surface area contributed by atoms with Gasteiger partial charge in [-0.1, -0.05) is 30.3 Å². The molecule has 1 aromatic heterocycles. The number of nitrogens with zero attached hydrogens (tertiary/aromatic N) is 1. The third-order valence-corrected chi connectivity index (χ3v) is 3.93. The van der Waals surface area contributed by atoms with E-state index in [2.05, 4.69) is 0 Å². The van der Waals surface area contributed by atoms with Crippen LogP contribution < -0.4 is 12.4 Å². The second kappa shape index (κ2) is 8.25. The fraction of sp³-hybridized carbons (Fsp3) is 0.250. The van der Waals surface area contributed by atoms with Gasteiger partial charge >= 0.3 is 5.97 Å². The molecule has 0 spiro atoms. The minimum atomic E-state index is -0.453. The highest BCUT2D eigenvalue weighted by Crippen LogP contribution is 2.39. The van der Waals surface area contributed by atoms with E-state index in [0.29, 0.717) is 34.4 Å². The van der Waals surface area contributed by atoms with Gasteiger partial charge in [-0.15, -0.1) is 0 Å². The van der Waals surface area contributed by atoms with E-state index in [9.17, 15) is 9.90 Å². The number of aromatic hydroxyl groups is 1. The van der Waals surface area contributed by atoms with Gasteiger partial charge < -0.3 is 31.6 Å². The second-order valence-corrected chi connectivity index (χ2v) is 6.07. The predicted molar refractivity (Wildman–Crippen MR) is 96.7 cm³/mol. The molecule has 0 saturated carbocycles. The molecule has 0 radical (unpaired) electrons. The van der Waals surface area contributed by atoms with Crippen molar-refractivity contribution in [3.63, 3.8) is 0 Å². The molecule has 0 saturated heterocycles. The number of phenolic OH excluding ortho intramolecular Hbond substituents is 1. The van der Waals surface area contributed by atoms with Crippen molar-refractivity contribution < 1.29 is 31.5 Å². The molecule has 1 heterocycles. The Morgan fingerprint density at radius 2 is 1.85 bits per heavy atom. The monoisotopic (exact) mass is 374 g/mol. The van der Waals surface area contributed by atoms with Crippen LogP contribution in [0.3, 0.4) is 0 Å². The van der Waals surface area contributed by atoms with Crippen molar-refractivity contribution in [1.82, 2.24) is 4.90 Å². The summed E-state index contributed by atoms with van der Waals surface area (Å²) in [7, 11) is 3.81. The fourth-order valence-electron chi connectivity index (χ4n) is 2.92. The van der Waals surface area contributed by atoms with Crippen molar-refractivity contribution in [2.45, 2.75) is 13.5 Å². The Hall–Kier alpha value is -2.50. The first kappa shape index (κ1) is 19.8. The summed E-state index contributed by atoms with van der Waals surface area (Å²) in [6.45, 7) is 2.51. The number of benzene rings is 2. The Morgan fingerprint density at radius 1 is 1.15 bits per heavy atom. The lowest BCUT2D eigenvalue weighted by Crippen LogP contribution is -3.00. The zero-order valence-electron chi connectivity index (χ0n) is 15.0. The first-order valence-electron chi connectivity index (χ1n) is 8.17. The molecular weight excluding hydrogens is 354 g/mol. The van der Waals surface area contributed by atoms with Crippen LogP contribution in [0.15, 0.2) is 46.9 Å². The van der Waals surface area contributed by atoms with Crippen LogP contribution in [-0.2, 0) is 11.3 Å². The molecule has 138 valence electrons. The number of rotatable bonds is 5. The van der Waals surface area contributed by atoms with E-state index in [1.165, 1.54) is 0 Å². The van der Waals surface area contributed by atoms with E-state index < -0.39 is 5.97 Å². The SMILES string of the molecule is CCOC(=O)c1c(-c2ccccc2)oc2ccc(O)c(CN(C)C)c12.[Cl-]. The Labute approximate surface area is 158 Å². The quantitative estimate of drug-likeness (QED) is 0.676. The van der Waals surface area contributed by atoms with Crippen molar-refractivity contribution in [1.29, 1.82) is 0 Å². The number of fused-ring (bicyclic) bond motifs is 1. The summed E-state index contributed by atoms with van der Waals surface area (Å²) >= 11 is 0. The van der Waals surface area contributed by atoms with E-state index in [4.69, 9.17) is 9.15 Å². The molecule has 5 nitrogen and oxygen atoms in total. The van der Waals surface area contributed by atoms with Gasteiger partial charge in [-0.2, -0.15) is 0 Å². The zero-order chi connectivity index (χ0) is 18.0. The number of esters is 1. The maximum absolute atomic E-state index is 12.7. The summed E-state index contributed by atoms with van der Waals surface area (Å²) in [4.78, 5) is 14.6. The smallest absolute Gasteiger partial charge is 0.342 e. The van der Waals surface area contributed by atoms with Gasteiger partial charge in [0.1, 0.15) is 22.7 Å². The number of carbonyl (C=O) groups is 1. The maximum Gasteiger partial charge on any atom is 0.342 e. The molecule has 3 rings (SSSR count). The van der Waals surface area contributed by atoms with Crippen molar-refractivity contribution >= 4 is 16.9 Å². The molecule has 0 unspecified atom stereocenters. The van der Waals surface area contributed by atoms with Crippen LogP contribution in [0.5, 0.6) is 5.75 Å². The molecule has 6 heteroatoms. The summed E-state index contributed by atoms with van der Waals surface area (Å²) in [5, 5.41) is 11.0. The molecule has 0 aliphatic rings. The van der Waals surface area contributed by atoms with Gasteiger partial charge in [0.25, 0.3) is 0 Å². The summed E-state index contributed by atoms with van der Waals surface area (Å²) in [6, 6.07) is 12.7. The minimum absolute atomic E-state index is 0.